The quantitative estimate of drug-likeness (QED) is 0.867. The smallest absolute Gasteiger partial charge is 0.273 e. The van der Waals surface area contributed by atoms with Crippen molar-refractivity contribution in [3.63, 3.8) is 0 Å². The minimum Gasteiger partial charge on any atom is -0.273 e. The number of fused-ring (bicyclic) bond motifs is 1. The second-order valence-corrected chi connectivity index (χ2v) is 8.30. The zero-order valence-corrected chi connectivity index (χ0v) is 12.5. The molecule has 0 radical (unpaired) electrons. The van der Waals surface area contributed by atoms with Crippen molar-refractivity contribution in [2.45, 2.75) is 15.3 Å². The Labute approximate surface area is 116 Å². The lowest BCUT2D eigenvalue weighted by molar-refractivity contribution is 0.512. The van der Waals surface area contributed by atoms with Gasteiger partial charge in [0.1, 0.15) is 8.42 Å². The molecule has 10 heteroatoms. The number of thiophene rings is 1. The molecule has 0 aliphatic carbocycles. The molecule has 18 heavy (non-hydrogen) atoms. The number of hydrogen-bond acceptors (Lipinski definition) is 5. The van der Waals surface area contributed by atoms with Crippen LogP contribution in [-0.2, 0) is 20.0 Å². The van der Waals surface area contributed by atoms with Gasteiger partial charge in [-0.1, -0.05) is 0 Å². The maximum atomic E-state index is 12.0. The highest BCUT2D eigenvalue weighted by Gasteiger charge is 2.30. The zero-order chi connectivity index (χ0) is 12.8. The van der Waals surface area contributed by atoms with Gasteiger partial charge in [-0.3, -0.25) is 4.31 Å². The fourth-order valence-corrected chi connectivity index (χ4v) is 5.40. The van der Waals surface area contributed by atoms with Gasteiger partial charge in [0, 0.05) is 18.3 Å². The summed E-state index contributed by atoms with van der Waals surface area (Å²) in [6.45, 7) is 1.99. The van der Waals surface area contributed by atoms with Crippen molar-refractivity contribution in [2.75, 3.05) is 6.54 Å². The molecule has 0 amide bonds. The summed E-state index contributed by atoms with van der Waals surface area (Å²) in [4.78, 5) is 0. The van der Waals surface area contributed by atoms with Gasteiger partial charge in [0.25, 0.3) is 10.0 Å². The Balaban J connectivity index is 0.00000162. The van der Waals surface area contributed by atoms with Crippen LogP contribution in [0.5, 0.6) is 0 Å². The van der Waals surface area contributed by atoms with Crippen LogP contribution in [0, 0.1) is 0 Å². The van der Waals surface area contributed by atoms with Crippen molar-refractivity contribution in [1.29, 1.82) is 0 Å². The summed E-state index contributed by atoms with van der Waals surface area (Å²) in [5.74, 6) is 0. The van der Waals surface area contributed by atoms with Crippen LogP contribution in [0.25, 0.3) is 6.08 Å². The highest BCUT2D eigenvalue weighted by Crippen LogP contribution is 2.35. The third kappa shape index (κ3) is 2.41. The van der Waals surface area contributed by atoms with Gasteiger partial charge in [-0.15, -0.1) is 23.7 Å². The van der Waals surface area contributed by atoms with Gasteiger partial charge < -0.3 is 0 Å². The maximum absolute atomic E-state index is 12.0. The highest BCUT2D eigenvalue weighted by atomic mass is 35.5. The van der Waals surface area contributed by atoms with Crippen molar-refractivity contribution < 1.29 is 16.8 Å². The molecule has 1 aromatic heterocycles. The topological polar surface area (TPSA) is 97.5 Å². The summed E-state index contributed by atoms with van der Waals surface area (Å²) in [6, 6.07) is 1.27. The summed E-state index contributed by atoms with van der Waals surface area (Å²) in [5.41, 5.74) is 0.365. The summed E-state index contributed by atoms with van der Waals surface area (Å²) in [6.07, 6.45) is 2.97. The number of hydrogen-bond donors (Lipinski definition) is 1. The Morgan fingerprint density at radius 3 is 2.56 bits per heavy atom. The van der Waals surface area contributed by atoms with Crippen molar-refractivity contribution in [3.8, 4) is 0 Å². The van der Waals surface area contributed by atoms with E-state index in [1.165, 1.54) is 12.3 Å². The van der Waals surface area contributed by atoms with Gasteiger partial charge >= 0.3 is 0 Å². The SMILES string of the molecule is CCN1C=Cc2cc(S(N)(=O)=O)sc2S1(=O)=O.Cl. The van der Waals surface area contributed by atoms with E-state index in [0.29, 0.717) is 23.4 Å². The van der Waals surface area contributed by atoms with Crippen LogP contribution in [0.15, 0.2) is 20.7 Å². The zero-order valence-electron chi connectivity index (χ0n) is 9.23. The molecule has 0 aromatic carbocycles. The van der Waals surface area contributed by atoms with E-state index in [1.54, 1.807) is 13.0 Å². The van der Waals surface area contributed by atoms with Crippen LogP contribution in [-0.4, -0.2) is 27.7 Å². The van der Waals surface area contributed by atoms with Crippen LogP contribution >= 0.6 is 23.7 Å². The summed E-state index contributed by atoms with van der Waals surface area (Å²) < 4.78 is 47.4. The molecule has 0 bridgehead atoms. The number of sulfonamides is 2. The molecule has 0 atom stereocenters. The van der Waals surface area contributed by atoms with E-state index < -0.39 is 20.0 Å². The van der Waals surface area contributed by atoms with Crippen molar-refractivity contribution >= 4 is 49.9 Å². The first-order chi connectivity index (χ1) is 7.76. The van der Waals surface area contributed by atoms with Crippen LogP contribution in [0.2, 0.25) is 0 Å². The van der Waals surface area contributed by atoms with E-state index >= 15 is 0 Å². The Kier molecular flexibility index (Phi) is 4.13. The van der Waals surface area contributed by atoms with Crippen LogP contribution in [0.3, 0.4) is 0 Å². The summed E-state index contributed by atoms with van der Waals surface area (Å²) in [5, 5.41) is 4.97. The molecule has 1 aromatic rings. The van der Waals surface area contributed by atoms with Gasteiger partial charge in [-0.05, 0) is 19.1 Å². The third-order valence-corrected chi connectivity index (χ3v) is 7.21. The number of halogens is 1. The largest absolute Gasteiger partial charge is 0.273 e. The molecule has 102 valence electrons. The van der Waals surface area contributed by atoms with Crippen molar-refractivity contribution in [2.24, 2.45) is 5.14 Å². The Hall–Kier alpha value is -0.610. The van der Waals surface area contributed by atoms with Crippen LogP contribution in [0.4, 0.5) is 0 Å². The molecule has 0 fully saturated rings. The van der Waals surface area contributed by atoms with Gasteiger partial charge in [-0.2, -0.15) is 0 Å². The molecular formula is C8H11ClN2O4S3. The second-order valence-electron chi connectivity index (χ2n) is 3.38. The molecule has 1 aliphatic heterocycles. The minimum absolute atomic E-state index is 0. The van der Waals surface area contributed by atoms with Gasteiger partial charge in [0.2, 0.25) is 10.0 Å². The third-order valence-electron chi connectivity index (χ3n) is 2.26. The predicted octanol–water partition coefficient (Wildman–Crippen LogP) is 0.812. The van der Waals surface area contributed by atoms with Crippen molar-refractivity contribution in [3.05, 3.63) is 17.8 Å². The molecule has 2 rings (SSSR count). The molecule has 0 saturated carbocycles. The number of rotatable bonds is 2. The standard InChI is InChI=1S/C8H10N2O4S3.ClH/c1-2-10-4-3-6-5-7(16(9,11)12)15-8(6)17(10,13)14;/h3-5H,2H2,1H3,(H2,9,11,12);1H. The monoisotopic (exact) mass is 330 g/mol. The molecule has 6 nitrogen and oxygen atoms in total. The molecular weight excluding hydrogens is 320 g/mol. The predicted molar refractivity (Wildman–Crippen MR) is 71.5 cm³/mol. The fraction of sp³-hybridized carbons (Fsp3) is 0.250. The molecule has 2 N–H and O–H groups in total. The van der Waals surface area contributed by atoms with E-state index in [0.717, 1.165) is 4.31 Å². The molecule has 0 unspecified atom stereocenters. The fourth-order valence-electron chi connectivity index (χ4n) is 1.45. The normalized spacial score (nSPS) is 17.1. The number of nitrogens with zero attached hydrogens (tertiary/aromatic N) is 1. The van der Waals surface area contributed by atoms with Crippen LogP contribution in [0.1, 0.15) is 12.5 Å². The van der Waals surface area contributed by atoms with Crippen LogP contribution < -0.4 is 5.14 Å². The first kappa shape index (κ1) is 15.4. The number of nitrogens with two attached hydrogens (primary N) is 1. The average Bonchev–Trinajstić information content (AvgIpc) is 2.62. The Bertz CT molecular complexity index is 690. The Morgan fingerprint density at radius 1 is 1.44 bits per heavy atom. The summed E-state index contributed by atoms with van der Waals surface area (Å²) >= 11 is 0.674. The molecule has 2 heterocycles. The lowest BCUT2D eigenvalue weighted by Crippen LogP contribution is -2.27. The van der Waals surface area contributed by atoms with Gasteiger partial charge in [0.05, 0.1) is 0 Å². The first-order valence-electron chi connectivity index (χ1n) is 4.63. The van der Waals surface area contributed by atoms with Crippen molar-refractivity contribution in [1.82, 2.24) is 4.31 Å². The molecule has 0 saturated heterocycles. The summed E-state index contributed by atoms with van der Waals surface area (Å²) in [7, 11) is -7.50. The van der Waals surface area contributed by atoms with Gasteiger partial charge in [0.15, 0.2) is 0 Å². The van der Waals surface area contributed by atoms with E-state index in [2.05, 4.69) is 0 Å². The lowest BCUT2D eigenvalue weighted by atomic mass is 10.3. The highest BCUT2D eigenvalue weighted by molar-refractivity contribution is 7.94. The van der Waals surface area contributed by atoms with E-state index in [-0.39, 0.29) is 20.8 Å². The molecule has 0 spiro atoms. The second kappa shape index (κ2) is 4.82. The molecule has 1 aliphatic rings. The van der Waals surface area contributed by atoms with E-state index in [1.807, 2.05) is 0 Å². The number of primary sulfonamides is 1. The first-order valence-corrected chi connectivity index (χ1v) is 8.44. The lowest BCUT2D eigenvalue weighted by Gasteiger charge is -2.20. The minimum atomic E-state index is -3.87. The Morgan fingerprint density at radius 2 is 2.06 bits per heavy atom. The maximum Gasteiger partial charge on any atom is 0.273 e. The van der Waals surface area contributed by atoms with E-state index in [4.69, 9.17) is 5.14 Å². The van der Waals surface area contributed by atoms with E-state index in [9.17, 15) is 16.8 Å². The average molecular weight is 331 g/mol. The van der Waals surface area contributed by atoms with Gasteiger partial charge in [-0.25, -0.2) is 22.0 Å².